The number of urea groups is 1. The molecule has 3 amide bonds. The Morgan fingerprint density at radius 3 is 2.75 bits per heavy atom. The zero-order chi connectivity index (χ0) is 17.3. The molecule has 1 saturated heterocycles. The lowest BCUT2D eigenvalue weighted by molar-refractivity contribution is -0.116. The van der Waals surface area contributed by atoms with E-state index in [1.165, 1.54) is 26.2 Å². The van der Waals surface area contributed by atoms with Gasteiger partial charge < -0.3 is 15.1 Å². The molecule has 2 aliphatic rings. The average molecular weight is 329 g/mol. The Labute approximate surface area is 144 Å². The minimum atomic E-state index is -0.0307. The Kier molecular flexibility index (Phi) is 4.78. The summed E-state index contributed by atoms with van der Waals surface area (Å²) in [5.74, 6) is 1.20. The smallest absolute Gasteiger partial charge is 0.321 e. The molecule has 5 nitrogen and oxygen atoms in total. The third-order valence-corrected chi connectivity index (χ3v) is 5.62. The van der Waals surface area contributed by atoms with Gasteiger partial charge in [0, 0.05) is 37.9 Å². The van der Waals surface area contributed by atoms with Crippen molar-refractivity contribution in [2.24, 2.45) is 11.8 Å². The van der Waals surface area contributed by atoms with E-state index in [2.05, 4.69) is 12.2 Å². The first-order valence-electron chi connectivity index (χ1n) is 8.89. The summed E-state index contributed by atoms with van der Waals surface area (Å²) < 4.78 is 0. The van der Waals surface area contributed by atoms with Crippen LogP contribution in [0.1, 0.15) is 39.5 Å². The molecule has 1 aromatic rings. The normalized spacial score (nSPS) is 26.0. The number of rotatable bonds is 2. The van der Waals surface area contributed by atoms with E-state index >= 15 is 0 Å². The van der Waals surface area contributed by atoms with Crippen molar-refractivity contribution in [2.45, 2.75) is 45.6 Å². The Hall–Kier alpha value is -2.04. The largest absolute Gasteiger partial charge is 0.322 e. The van der Waals surface area contributed by atoms with Crippen molar-refractivity contribution in [3.63, 3.8) is 0 Å². The van der Waals surface area contributed by atoms with Crippen molar-refractivity contribution in [1.82, 2.24) is 4.90 Å². The highest BCUT2D eigenvalue weighted by atomic mass is 16.2. The molecule has 1 N–H and O–H groups in total. The number of hydrogen-bond acceptors (Lipinski definition) is 2. The van der Waals surface area contributed by atoms with Crippen LogP contribution in [0.4, 0.5) is 16.2 Å². The molecule has 1 saturated carbocycles. The van der Waals surface area contributed by atoms with Crippen LogP contribution in [0, 0.1) is 11.8 Å². The Bertz CT molecular complexity index is 631. The van der Waals surface area contributed by atoms with Gasteiger partial charge in [0.2, 0.25) is 5.91 Å². The van der Waals surface area contributed by atoms with Crippen molar-refractivity contribution in [3.8, 4) is 0 Å². The summed E-state index contributed by atoms with van der Waals surface area (Å²) in [5, 5.41) is 3.02. The highest BCUT2D eigenvalue weighted by Crippen LogP contribution is 2.39. The molecule has 0 spiro atoms. The van der Waals surface area contributed by atoms with Gasteiger partial charge in [-0.15, -0.1) is 0 Å². The Morgan fingerprint density at radius 1 is 1.25 bits per heavy atom. The van der Waals surface area contributed by atoms with Gasteiger partial charge in [-0.1, -0.05) is 25.8 Å². The van der Waals surface area contributed by atoms with E-state index in [-0.39, 0.29) is 11.9 Å². The topological polar surface area (TPSA) is 52.7 Å². The molecule has 3 rings (SSSR count). The van der Waals surface area contributed by atoms with Gasteiger partial charge in [0.25, 0.3) is 0 Å². The molecular formula is C19H27N3O2. The van der Waals surface area contributed by atoms with Gasteiger partial charge in [-0.3, -0.25) is 4.79 Å². The number of nitrogens with zero attached hydrogens (tertiary/aromatic N) is 2. The fraction of sp³-hybridized carbons (Fsp3) is 0.579. The summed E-state index contributed by atoms with van der Waals surface area (Å²) in [6.45, 7) is 4.63. The minimum absolute atomic E-state index is 0.0149. The molecule has 0 aromatic heterocycles. The third-order valence-electron chi connectivity index (χ3n) is 5.62. The fourth-order valence-corrected chi connectivity index (χ4v) is 4.17. The molecule has 1 aliphatic carbocycles. The first kappa shape index (κ1) is 16.8. The van der Waals surface area contributed by atoms with Crippen LogP contribution in [0.3, 0.4) is 0 Å². The summed E-state index contributed by atoms with van der Waals surface area (Å²) in [7, 11) is 1.73. The van der Waals surface area contributed by atoms with Gasteiger partial charge in [0.15, 0.2) is 0 Å². The van der Waals surface area contributed by atoms with E-state index in [1.54, 1.807) is 11.9 Å². The first-order chi connectivity index (χ1) is 11.5. The molecule has 1 heterocycles. The van der Waals surface area contributed by atoms with Crippen LogP contribution in [0.5, 0.6) is 0 Å². The maximum absolute atomic E-state index is 12.8. The molecule has 130 valence electrons. The zero-order valence-corrected chi connectivity index (χ0v) is 14.8. The van der Waals surface area contributed by atoms with Crippen LogP contribution >= 0.6 is 0 Å². The second kappa shape index (κ2) is 6.83. The molecular weight excluding hydrogens is 302 g/mol. The monoisotopic (exact) mass is 329 g/mol. The highest BCUT2D eigenvalue weighted by Gasteiger charge is 2.42. The van der Waals surface area contributed by atoms with Gasteiger partial charge in [-0.2, -0.15) is 0 Å². The van der Waals surface area contributed by atoms with Gasteiger partial charge >= 0.3 is 6.03 Å². The maximum Gasteiger partial charge on any atom is 0.322 e. The molecule has 24 heavy (non-hydrogen) atoms. The SMILES string of the molecule is CC(=O)N(C)c1cccc(NC(=O)N2C[C@H](C)[C@@H]3CCCC[C@@H]32)c1. The minimum Gasteiger partial charge on any atom is -0.321 e. The summed E-state index contributed by atoms with van der Waals surface area (Å²) in [4.78, 5) is 27.9. The van der Waals surface area contributed by atoms with Crippen LogP contribution in [0.2, 0.25) is 0 Å². The molecule has 2 fully saturated rings. The summed E-state index contributed by atoms with van der Waals surface area (Å²) in [6, 6.07) is 7.81. The summed E-state index contributed by atoms with van der Waals surface area (Å²) in [5.41, 5.74) is 1.52. The second-order valence-electron chi connectivity index (χ2n) is 7.20. The van der Waals surface area contributed by atoms with Gasteiger partial charge in [-0.05, 0) is 42.9 Å². The molecule has 0 bridgehead atoms. The number of hydrogen-bond donors (Lipinski definition) is 1. The third kappa shape index (κ3) is 3.25. The van der Waals surface area contributed by atoms with E-state index in [4.69, 9.17) is 0 Å². The number of anilines is 2. The quantitative estimate of drug-likeness (QED) is 0.899. The summed E-state index contributed by atoms with van der Waals surface area (Å²) in [6.07, 6.45) is 4.88. The van der Waals surface area contributed by atoms with Crippen LogP contribution in [-0.4, -0.2) is 36.5 Å². The molecule has 0 radical (unpaired) electrons. The van der Waals surface area contributed by atoms with E-state index in [1.807, 2.05) is 29.2 Å². The average Bonchev–Trinajstić information content (AvgIpc) is 2.92. The fourth-order valence-electron chi connectivity index (χ4n) is 4.17. The summed E-state index contributed by atoms with van der Waals surface area (Å²) >= 11 is 0. The maximum atomic E-state index is 12.8. The predicted molar refractivity (Wildman–Crippen MR) is 96.2 cm³/mol. The van der Waals surface area contributed by atoms with Gasteiger partial charge in [0.1, 0.15) is 0 Å². The lowest BCUT2D eigenvalue weighted by atomic mass is 9.80. The van der Waals surface area contributed by atoms with Crippen LogP contribution < -0.4 is 10.2 Å². The Morgan fingerprint density at radius 2 is 2.00 bits per heavy atom. The lowest BCUT2D eigenvalue weighted by Crippen LogP contribution is -2.41. The molecule has 1 aromatic carbocycles. The van der Waals surface area contributed by atoms with E-state index < -0.39 is 0 Å². The molecule has 1 aliphatic heterocycles. The number of amides is 3. The van der Waals surface area contributed by atoms with E-state index in [9.17, 15) is 9.59 Å². The van der Waals surface area contributed by atoms with Crippen molar-refractivity contribution >= 4 is 23.3 Å². The molecule has 0 unspecified atom stereocenters. The van der Waals surface area contributed by atoms with Gasteiger partial charge in [0.05, 0.1) is 0 Å². The highest BCUT2D eigenvalue weighted by molar-refractivity contribution is 5.93. The molecule has 3 atom stereocenters. The van der Waals surface area contributed by atoms with E-state index in [0.717, 1.165) is 24.3 Å². The predicted octanol–water partition coefficient (Wildman–Crippen LogP) is 3.71. The standard InChI is InChI=1S/C19H27N3O2/c1-13-12-22(18-10-5-4-9-17(13)18)19(24)20-15-7-6-8-16(11-15)21(3)14(2)23/h6-8,11,13,17-18H,4-5,9-10,12H2,1-3H3,(H,20,24)/t13-,17-,18-/m0/s1. The van der Waals surface area contributed by atoms with Crippen LogP contribution in [-0.2, 0) is 4.79 Å². The zero-order valence-electron chi connectivity index (χ0n) is 14.8. The number of fused-ring (bicyclic) bond motifs is 1. The van der Waals surface area contributed by atoms with Crippen LogP contribution in [0.15, 0.2) is 24.3 Å². The number of nitrogens with one attached hydrogen (secondary N) is 1. The number of likely N-dealkylation sites (tertiary alicyclic amines) is 1. The van der Waals surface area contributed by atoms with Crippen molar-refractivity contribution in [2.75, 3.05) is 23.8 Å². The van der Waals surface area contributed by atoms with Crippen molar-refractivity contribution in [1.29, 1.82) is 0 Å². The lowest BCUT2D eigenvalue weighted by Gasteiger charge is -2.32. The Balaban J connectivity index is 1.71. The van der Waals surface area contributed by atoms with E-state index in [0.29, 0.717) is 17.9 Å². The molecule has 5 heteroatoms. The second-order valence-corrected chi connectivity index (χ2v) is 7.20. The van der Waals surface area contributed by atoms with Gasteiger partial charge in [-0.25, -0.2) is 4.79 Å². The van der Waals surface area contributed by atoms with Crippen molar-refractivity contribution < 1.29 is 9.59 Å². The van der Waals surface area contributed by atoms with Crippen LogP contribution in [0.25, 0.3) is 0 Å². The number of benzene rings is 1. The number of carbonyl (C=O) groups is 2. The number of carbonyl (C=O) groups excluding carboxylic acids is 2. The first-order valence-corrected chi connectivity index (χ1v) is 8.89. The van der Waals surface area contributed by atoms with Crippen molar-refractivity contribution in [3.05, 3.63) is 24.3 Å².